The number of nitrogens with one attached hydrogen (secondary N) is 3. The van der Waals surface area contributed by atoms with Crippen LogP contribution in [0.3, 0.4) is 0 Å². The predicted molar refractivity (Wildman–Crippen MR) is 108 cm³/mol. The van der Waals surface area contributed by atoms with E-state index >= 15 is 0 Å². The van der Waals surface area contributed by atoms with E-state index < -0.39 is 15.6 Å². The van der Waals surface area contributed by atoms with Crippen molar-refractivity contribution in [1.82, 2.24) is 9.97 Å². The number of halogens is 1. The molecule has 0 fully saturated rings. The van der Waals surface area contributed by atoms with E-state index in [0.717, 1.165) is 6.26 Å². The van der Waals surface area contributed by atoms with Gasteiger partial charge in [0.2, 0.25) is 16.0 Å². The molecule has 0 saturated heterocycles. The molecule has 1 aromatic heterocycles. The van der Waals surface area contributed by atoms with Gasteiger partial charge in [-0.05, 0) is 36.4 Å². The molecular weight excluding hydrogens is 402 g/mol. The van der Waals surface area contributed by atoms with Crippen molar-refractivity contribution in [3.63, 3.8) is 0 Å². The highest BCUT2D eigenvalue weighted by Crippen LogP contribution is 2.24. The molecule has 0 aliphatic rings. The lowest BCUT2D eigenvalue weighted by atomic mass is 10.1. The van der Waals surface area contributed by atoms with E-state index in [1.165, 1.54) is 12.1 Å². The third-order valence-corrected chi connectivity index (χ3v) is 4.46. The summed E-state index contributed by atoms with van der Waals surface area (Å²) in [5.74, 6) is 0.152. The normalized spacial score (nSPS) is 10.9. The molecular formula is C18H14ClN5O3S. The second-order valence-corrected chi connectivity index (χ2v) is 8.02. The molecule has 1 heterocycles. The molecule has 3 N–H and O–H groups in total. The number of H-pyrrole nitrogens is 1. The molecule has 3 rings (SSSR count). The van der Waals surface area contributed by atoms with Gasteiger partial charge in [-0.3, -0.25) is 14.5 Å². The largest absolute Gasteiger partial charge is 0.326 e. The Morgan fingerprint density at radius 3 is 2.25 bits per heavy atom. The number of hydrogen-bond acceptors (Lipinski definition) is 6. The maximum atomic E-state index is 12.3. The van der Waals surface area contributed by atoms with E-state index in [0.29, 0.717) is 22.0 Å². The molecule has 0 aliphatic heterocycles. The highest BCUT2D eigenvalue weighted by Gasteiger charge is 2.14. The van der Waals surface area contributed by atoms with E-state index in [4.69, 9.17) is 11.6 Å². The zero-order chi connectivity index (χ0) is 20.3. The second-order valence-electron chi connectivity index (χ2n) is 5.83. The molecule has 0 atom stereocenters. The van der Waals surface area contributed by atoms with Crippen molar-refractivity contribution in [3.05, 3.63) is 69.5 Å². The van der Waals surface area contributed by atoms with Gasteiger partial charge < -0.3 is 5.32 Å². The van der Waals surface area contributed by atoms with Crippen molar-refractivity contribution in [1.29, 1.82) is 5.26 Å². The van der Waals surface area contributed by atoms with Crippen molar-refractivity contribution in [2.45, 2.75) is 0 Å². The van der Waals surface area contributed by atoms with Gasteiger partial charge in [-0.25, -0.2) is 13.4 Å². The minimum absolute atomic E-state index is 0.148. The molecule has 0 spiro atoms. The number of benzene rings is 2. The van der Waals surface area contributed by atoms with Gasteiger partial charge in [0.25, 0.3) is 5.56 Å². The van der Waals surface area contributed by atoms with E-state index in [1.54, 1.807) is 36.4 Å². The first-order valence-electron chi connectivity index (χ1n) is 7.90. The van der Waals surface area contributed by atoms with Crippen LogP contribution in [0.2, 0.25) is 5.02 Å². The van der Waals surface area contributed by atoms with Crippen LogP contribution in [0, 0.1) is 11.3 Å². The summed E-state index contributed by atoms with van der Waals surface area (Å²) in [7, 11) is -3.41. The lowest BCUT2D eigenvalue weighted by Gasteiger charge is -2.10. The summed E-state index contributed by atoms with van der Waals surface area (Å²) in [6.07, 6.45) is 1.04. The second kappa shape index (κ2) is 7.72. The van der Waals surface area contributed by atoms with E-state index in [2.05, 4.69) is 20.0 Å². The standard InChI is InChI=1S/C18H14ClN5O3S/c1-28(26,27)24-14-6-2-11(3-7-14)16-15(10-20)17(25)23-18(22-16)21-13-8-4-12(19)5-9-13/h2-9,24H,1H3,(H2,21,22,23,25). The predicted octanol–water partition coefficient (Wildman–Crippen LogP) is 3.08. The number of sulfonamides is 1. The SMILES string of the molecule is CS(=O)(=O)Nc1ccc(-c2nc(Nc3ccc(Cl)cc3)[nH]c(=O)c2C#N)cc1. The Morgan fingerprint density at radius 1 is 1.07 bits per heavy atom. The molecule has 0 amide bonds. The quantitative estimate of drug-likeness (QED) is 0.587. The summed E-state index contributed by atoms with van der Waals surface area (Å²) >= 11 is 5.86. The first-order valence-corrected chi connectivity index (χ1v) is 10.2. The summed E-state index contributed by atoms with van der Waals surface area (Å²) < 4.78 is 25.0. The number of anilines is 3. The number of aromatic nitrogens is 2. The first-order chi connectivity index (χ1) is 13.2. The Balaban J connectivity index is 1.99. The van der Waals surface area contributed by atoms with Crippen LogP contribution >= 0.6 is 11.6 Å². The minimum Gasteiger partial charge on any atom is -0.326 e. The van der Waals surface area contributed by atoms with Crippen LogP contribution in [0.4, 0.5) is 17.3 Å². The fraction of sp³-hybridized carbons (Fsp3) is 0.0556. The van der Waals surface area contributed by atoms with E-state index in [-0.39, 0.29) is 17.2 Å². The number of nitriles is 1. The Morgan fingerprint density at radius 2 is 1.68 bits per heavy atom. The maximum Gasteiger partial charge on any atom is 0.270 e. The van der Waals surface area contributed by atoms with Crippen LogP contribution < -0.4 is 15.6 Å². The van der Waals surface area contributed by atoms with Crippen LogP contribution in [0.25, 0.3) is 11.3 Å². The molecule has 0 aliphatic carbocycles. The third kappa shape index (κ3) is 4.68. The monoisotopic (exact) mass is 415 g/mol. The Kier molecular flexibility index (Phi) is 5.35. The topological polar surface area (TPSA) is 128 Å². The average Bonchev–Trinajstić information content (AvgIpc) is 2.62. The maximum absolute atomic E-state index is 12.3. The van der Waals surface area contributed by atoms with Crippen molar-refractivity contribution in [2.24, 2.45) is 0 Å². The van der Waals surface area contributed by atoms with Crippen molar-refractivity contribution in [3.8, 4) is 17.3 Å². The molecule has 0 bridgehead atoms. The molecule has 28 heavy (non-hydrogen) atoms. The first kappa shape index (κ1) is 19.4. The minimum atomic E-state index is -3.41. The number of nitrogens with zero attached hydrogens (tertiary/aromatic N) is 2. The fourth-order valence-corrected chi connectivity index (χ4v) is 3.12. The van der Waals surface area contributed by atoms with Gasteiger partial charge in [0.1, 0.15) is 11.6 Å². The summed E-state index contributed by atoms with van der Waals surface area (Å²) in [4.78, 5) is 19.1. The summed E-state index contributed by atoms with van der Waals surface area (Å²) in [5.41, 5.74) is 0.923. The van der Waals surface area contributed by atoms with Crippen LogP contribution in [-0.2, 0) is 10.0 Å². The molecule has 3 aromatic rings. The van der Waals surface area contributed by atoms with Gasteiger partial charge in [0, 0.05) is 22.0 Å². The van der Waals surface area contributed by atoms with Gasteiger partial charge in [0.05, 0.1) is 11.9 Å². The summed E-state index contributed by atoms with van der Waals surface area (Å²) in [6, 6.07) is 14.8. The molecule has 142 valence electrons. The fourth-order valence-electron chi connectivity index (χ4n) is 2.43. The van der Waals surface area contributed by atoms with Gasteiger partial charge in [-0.2, -0.15) is 5.26 Å². The third-order valence-electron chi connectivity index (χ3n) is 3.60. The van der Waals surface area contributed by atoms with Crippen molar-refractivity contribution < 1.29 is 8.42 Å². The zero-order valence-corrected chi connectivity index (χ0v) is 16.1. The molecule has 0 radical (unpaired) electrons. The Labute approximate surface area is 165 Å². The summed E-state index contributed by atoms with van der Waals surface area (Å²) in [5, 5.41) is 12.9. The van der Waals surface area contributed by atoms with Crippen LogP contribution in [-0.4, -0.2) is 24.6 Å². The molecule has 10 heteroatoms. The van der Waals surface area contributed by atoms with E-state index in [1.807, 2.05) is 6.07 Å². The molecule has 0 saturated carbocycles. The lowest BCUT2D eigenvalue weighted by Crippen LogP contribution is -2.16. The average molecular weight is 416 g/mol. The molecule has 8 nitrogen and oxygen atoms in total. The van der Waals surface area contributed by atoms with Crippen LogP contribution in [0.1, 0.15) is 5.56 Å². The zero-order valence-electron chi connectivity index (χ0n) is 14.5. The van der Waals surface area contributed by atoms with Crippen LogP contribution in [0.15, 0.2) is 53.3 Å². The molecule has 2 aromatic carbocycles. The lowest BCUT2D eigenvalue weighted by molar-refractivity contribution is 0.607. The smallest absolute Gasteiger partial charge is 0.270 e. The Bertz CT molecular complexity index is 1210. The Hall–Kier alpha value is -3.35. The van der Waals surface area contributed by atoms with Gasteiger partial charge >= 0.3 is 0 Å². The number of aromatic amines is 1. The van der Waals surface area contributed by atoms with Gasteiger partial charge in [-0.1, -0.05) is 23.7 Å². The van der Waals surface area contributed by atoms with Gasteiger partial charge in [-0.15, -0.1) is 0 Å². The van der Waals surface area contributed by atoms with Crippen molar-refractivity contribution >= 4 is 38.9 Å². The highest BCUT2D eigenvalue weighted by atomic mass is 35.5. The highest BCUT2D eigenvalue weighted by molar-refractivity contribution is 7.92. The molecule has 0 unspecified atom stereocenters. The van der Waals surface area contributed by atoms with Gasteiger partial charge in [0.15, 0.2) is 0 Å². The summed E-state index contributed by atoms with van der Waals surface area (Å²) in [6.45, 7) is 0. The van der Waals surface area contributed by atoms with Crippen molar-refractivity contribution in [2.75, 3.05) is 16.3 Å². The number of rotatable bonds is 5. The number of hydrogen-bond donors (Lipinski definition) is 3. The van der Waals surface area contributed by atoms with Crippen LogP contribution in [0.5, 0.6) is 0 Å². The van der Waals surface area contributed by atoms with E-state index in [9.17, 15) is 18.5 Å².